The van der Waals surface area contributed by atoms with Gasteiger partial charge < -0.3 is 14.9 Å². The summed E-state index contributed by atoms with van der Waals surface area (Å²) in [6.45, 7) is 10.1. The minimum atomic E-state index is -0.0409. The summed E-state index contributed by atoms with van der Waals surface area (Å²) in [6.07, 6.45) is 0. The zero-order valence-electron chi connectivity index (χ0n) is 21.0. The average Bonchev–Trinajstić information content (AvgIpc) is 2.90. The van der Waals surface area contributed by atoms with Crippen LogP contribution in [-0.4, -0.2) is 10.2 Å². The third-order valence-electron chi connectivity index (χ3n) is 6.22. The quantitative estimate of drug-likeness (QED) is 0.255. The molecule has 0 fully saturated rings. The van der Waals surface area contributed by atoms with Gasteiger partial charge in [-0.05, 0) is 70.4 Å². The molecule has 3 nitrogen and oxygen atoms in total. The van der Waals surface area contributed by atoms with Crippen LogP contribution in [0, 0.1) is 6.92 Å². The van der Waals surface area contributed by atoms with Crippen LogP contribution >= 0.6 is 0 Å². The second-order valence-electron chi connectivity index (χ2n) is 8.21. The van der Waals surface area contributed by atoms with E-state index in [-0.39, 0.29) is 17.4 Å². The Kier molecular flexibility index (Phi) is 6.97. The highest BCUT2D eigenvalue weighted by atomic mass is 16.5. The number of ether oxygens (including phenoxy) is 1. The molecule has 0 saturated heterocycles. The predicted molar refractivity (Wildman–Crippen MR) is 146 cm³/mol. The molecule has 35 heavy (non-hydrogen) atoms. The Balaban J connectivity index is 0.000000689. The number of hydrogen-bond donors (Lipinski definition) is 2. The maximum absolute atomic E-state index is 10.0. The first-order valence-electron chi connectivity index (χ1n) is 12.3. The van der Waals surface area contributed by atoms with E-state index in [1.54, 1.807) is 24.3 Å². The van der Waals surface area contributed by atoms with Gasteiger partial charge in [0, 0.05) is 17.0 Å². The molecule has 0 atom stereocenters. The van der Waals surface area contributed by atoms with Crippen molar-refractivity contribution in [3.05, 3.63) is 107 Å². The van der Waals surface area contributed by atoms with Crippen molar-refractivity contribution in [1.82, 2.24) is 0 Å². The molecule has 0 radical (unpaired) electrons. The molecule has 2 N–H and O–H groups in total. The average molecular weight is 465 g/mol. The zero-order chi connectivity index (χ0) is 25.1. The fourth-order valence-corrected chi connectivity index (χ4v) is 4.77. The minimum Gasteiger partial charge on any atom is -0.508 e. The van der Waals surface area contributed by atoms with Gasteiger partial charge in [-0.3, -0.25) is 0 Å². The maximum atomic E-state index is 10.0. The van der Waals surface area contributed by atoms with E-state index in [2.05, 4.69) is 31.2 Å². The molecule has 0 unspecified atom stereocenters. The lowest BCUT2D eigenvalue weighted by Gasteiger charge is -2.31. The van der Waals surface area contributed by atoms with Gasteiger partial charge >= 0.3 is 0 Å². The third-order valence-corrected chi connectivity index (χ3v) is 6.22. The molecule has 178 valence electrons. The van der Waals surface area contributed by atoms with Crippen molar-refractivity contribution < 1.29 is 14.9 Å². The summed E-state index contributed by atoms with van der Waals surface area (Å²) in [4.78, 5) is 0. The first-order valence-corrected chi connectivity index (χ1v) is 12.3. The van der Waals surface area contributed by atoms with Crippen molar-refractivity contribution in [2.24, 2.45) is 0 Å². The summed E-state index contributed by atoms with van der Waals surface area (Å²) < 4.78 is 6.40. The van der Waals surface area contributed by atoms with Crippen LogP contribution in [0.25, 0.3) is 21.5 Å². The van der Waals surface area contributed by atoms with E-state index < -0.39 is 0 Å². The molecule has 1 aliphatic heterocycles. The molecular weight excluding hydrogens is 432 g/mol. The summed E-state index contributed by atoms with van der Waals surface area (Å²) in [6, 6.07) is 27.6. The van der Waals surface area contributed by atoms with Crippen LogP contribution in [0.1, 0.15) is 55.9 Å². The number of hydrogen-bond acceptors (Lipinski definition) is 3. The largest absolute Gasteiger partial charge is 0.508 e. The fourth-order valence-electron chi connectivity index (χ4n) is 4.77. The van der Waals surface area contributed by atoms with Crippen LogP contribution in [0.2, 0.25) is 0 Å². The van der Waals surface area contributed by atoms with Gasteiger partial charge in [0.05, 0.1) is 0 Å². The normalized spacial score (nSPS) is 11.9. The Hall–Kier alpha value is -3.98. The second kappa shape index (κ2) is 10.1. The van der Waals surface area contributed by atoms with Gasteiger partial charge in [-0.1, -0.05) is 81.8 Å². The maximum Gasteiger partial charge on any atom is 0.132 e. The third kappa shape index (κ3) is 4.30. The number of aryl methyl sites for hydroxylation is 1. The lowest BCUT2D eigenvalue weighted by atomic mass is 9.78. The second-order valence-corrected chi connectivity index (χ2v) is 8.21. The van der Waals surface area contributed by atoms with Gasteiger partial charge in [-0.2, -0.15) is 0 Å². The zero-order valence-corrected chi connectivity index (χ0v) is 21.0. The number of benzene rings is 5. The molecule has 5 aromatic carbocycles. The van der Waals surface area contributed by atoms with Crippen molar-refractivity contribution in [2.75, 3.05) is 0 Å². The van der Waals surface area contributed by atoms with Crippen molar-refractivity contribution in [3.63, 3.8) is 0 Å². The SMILES string of the molecule is CC.CC.Cc1ccc(C2c3c(ccc4cc(O)ccc34)Oc3ccc4cc(O)ccc4c32)cc1. The summed E-state index contributed by atoms with van der Waals surface area (Å²) in [7, 11) is 0. The van der Waals surface area contributed by atoms with E-state index in [4.69, 9.17) is 4.74 Å². The van der Waals surface area contributed by atoms with Crippen LogP contribution in [0.5, 0.6) is 23.0 Å². The number of phenolic OH excluding ortho intramolecular Hbond substituents is 2. The Morgan fingerprint density at radius 3 is 1.49 bits per heavy atom. The molecule has 6 rings (SSSR count). The van der Waals surface area contributed by atoms with E-state index in [1.807, 2.05) is 64.1 Å². The fraction of sp³-hybridized carbons (Fsp3) is 0.188. The minimum absolute atomic E-state index is 0.0409. The Morgan fingerprint density at radius 1 is 0.571 bits per heavy atom. The monoisotopic (exact) mass is 464 g/mol. The van der Waals surface area contributed by atoms with Gasteiger partial charge in [0.25, 0.3) is 0 Å². The van der Waals surface area contributed by atoms with Gasteiger partial charge in [0.1, 0.15) is 23.0 Å². The lowest BCUT2D eigenvalue weighted by molar-refractivity contribution is 0.455. The van der Waals surface area contributed by atoms with Gasteiger partial charge in [-0.25, -0.2) is 0 Å². The molecule has 0 aromatic heterocycles. The number of aromatic hydroxyl groups is 2. The summed E-state index contributed by atoms with van der Waals surface area (Å²) >= 11 is 0. The summed E-state index contributed by atoms with van der Waals surface area (Å²) in [5.41, 5.74) is 4.57. The van der Waals surface area contributed by atoms with Crippen molar-refractivity contribution in [1.29, 1.82) is 0 Å². The number of phenols is 2. The first-order chi connectivity index (χ1) is 17.1. The van der Waals surface area contributed by atoms with Crippen molar-refractivity contribution >= 4 is 21.5 Å². The Labute approximate surface area is 207 Å². The Morgan fingerprint density at radius 2 is 1.03 bits per heavy atom. The van der Waals surface area contributed by atoms with Crippen molar-refractivity contribution in [2.45, 2.75) is 40.5 Å². The predicted octanol–water partition coefficient (Wildman–Crippen LogP) is 9.05. The molecule has 5 aromatic rings. The van der Waals surface area contributed by atoms with E-state index in [1.165, 1.54) is 11.1 Å². The molecule has 0 bridgehead atoms. The van der Waals surface area contributed by atoms with Crippen molar-refractivity contribution in [3.8, 4) is 23.0 Å². The summed E-state index contributed by atoms with van der Waals surface area (Å²) in [5, 5.41) is 24.1. The van der Waals surface area contributed by atoms with Crippen LogP contribution in [0.15, 0.2) is 84.9 Å². The lowest BCUT2D eigenvalue weighted by Crippen LogP contribution is -2.13. The number of rotatable bonds is 1. The number of fused-ring (bicyclic) bond motifs is 6. The Bertz CT molecular complexity index is 1390. The standard InChI is InChI=1S/C28H20O3.2C2H6/c1-16-2-4-17(5-3-16)26-27-22-10-8-20(29)14-18(22)6-12-24(27)31-25-13-7-19-15-21(30)9-11-23(19)28(25)26;2*1-2/h2-15,26,29-30H,1H3;2*1-2H3. The van der Waals surface area contributed by atoms with Crippen LogP contribution in [0.4, 0.5) is 0 Å². The van der Waals surface area contributed by atoms with Crippen LogP contribution < -0.4 is 4.74 Å². The first kappa shape index (κ1) is 24.2. The van der Waals surface area contributed by atoms with E-state index in [0.29, 0.717) is 0 Å². The molecule has 0 saturated carbocycles. The van der Waals surface area contributed by atoms with Crippen LogP contribution in [-0.2, 0) is 0 Å². The highest BCUT2D eigenvalue weighted by Crippen LogP contribution is 2.52. The molecule has 0 spiro atoms. The molecule has 1 heterocycles. The van der Waals surface area contributed by atoms with E-state index in [0.717, 1.165) is 44.2 Å². The van der Waals surface area contributed by atoms with E-state index in [9.17, 15) is 10.2 Å². The molecular formula is C32H32O3. The van der Waals surface area contributed by atoms with Gasteiger partial charge in [0.2, 0.25) is 0 Å². The molecule has 0 amide bonds. The highest BCUT2D eigenvalue weighted by Gasteiger charge is 2.32. The van der Waals surface area contributed by atoms with Gasteiger partial charge in [0.15, 0.2) is 0 Å². The van der Waals surface area contributed by atoms with Crippen LogP contribution in [0.3, 0.4) is 0 Å². The highest BCUT2D eigenvalue weighted by molar-refractivity contribution is 5.95. The van der Waals surface area contributed by atoms with Gasteiger partial charge in [-0.15, -0.1) is 0 Å². The molecule has 0 aliphatic carbocycles. The smallest absolute Gasteiger partial charge is 0.132 e. The molecule has 3 heteroatoms. The summed E-state index contributed by atoms with van der Waals surface area (Å²) in [5.74, 6) is 2.11. The topological polar surface area (TPSA) is 49.7 Å². The molecule has 1 aliphatic rings. The van der Waals surface area contributed by atoms with E-state index >= 15 is 0 Å².